The Hall–Kier alpha value is -2.65. The Bertz CT molecular complexity index is 1100. The lowest BCUT2D eigenvalue weighted by molar-refractivity contribution is 0.0567. The minimum atomic E-state index is -0.336. The molecule has 3 amide bonds. The molecule has 0 aromatic carbocycles. The van der Waals surface area contributed by atoms with E-state index in [1.165, 1.54) is 11.3 Å². The molecule has 4 rings (SSSR count). The number of aryl methyl sites for hydroxylation is 2. The van der Waals surface area contributed by atoms with Gasteiger partial charge in [-0.25, -0.2) is 4.79 Å². The Kier molecular flexibility index (Phi) is 7.96. The smallest absolute Gasteiger partial charge is 0.409 e. The van der Waals surface area contributed by atoms with Crippen LogP contribution in [-0.2, 0) is 4.74 Å². The van der Waals surface area contributed by atoms with Crippen molar-refractivity contribution >= 4 is 40.8 Å². The quantitative estimate of drug-likeness (QED) is 0.601. The standard InChI is InChI=1S/C25H31ClN4O4S/c1-4-34-25(33)30-13-11-29(12-14-30)23(31)19-6-5-17(3)27-21(19)18-7-9-28(10-8-18)24(32)22-20(26)16(2)15-35-22/h5-6,15,18H,4,7-14H2,1-3H3. The molecule has 2 aliphatic rings. The molecular formula is C25H31ClN4O4S. The van der Waals surface area contributed by atoms with Crippen LogP contribution in [0.15, 0.2) is 17.5 Å². The van der Waals surface area contributed by atoms with Crippen LogP contribution in [0.4, 0.5) is 4.79 Å². The van der Waals surface area contributed by atoms with E-state index in [2.05, 4.69) is 0 Å². The zero-order chi connectivity index (χ0) is 25.1. The summed E-state index contributed by atoms with van der Waals surface area (Å²) in [6.07, 6.45) is 1.14. The van der Waals surface area contributed by atoms with Crippen LogP contribution in [0.5, 0.6) is 0 Å². The van der Waals surface area contributed by atoms with Gasteiger partial charge in [0, 0.05) is 50.9 Å². The number of thiophene rings is 1. The lowest BCUT2D eigenvalue weighted by Gasteiger charge is -2.35. The molecule has 0 aliphatic carbocycles. The number of hydrogen-bond donors (Lipinski definition) is 0. The van der Waals surface area contributed by atoms with Crippen LogP contribution < -0.4 is 0 Å². The van der Waals surface area contributed by atoms with E-state index >= 15 is 0 Å². The summed E-state index contributed by atoms with van der Waals surface area (Å²) in [5.41, 5.74) is 3.20. The maximum atomic E-state index is 13.4. The number of carbonyl (C=O) groups excluding carboxylic acids is 3. The molecule has 188 valence electrons. The summed E-state index contributed by atoms with van der Waals surface area (Å²) in [6.45, 7) is 8.95. The molecule has 2 aromatic heterocycles. The number of pyridine rings is 1. The second kappa shape index (κ2) is 11.0. The van der Waals surface area contributed by atoms with Crippen molar-refractivity contribution in [3.05, 3.63) is 49.9 Å². The number of ether oxygens (including phenoxy) is 1. The second-order valence-electron chi connectivity index (χ2n) is 8.99. The molecule has 35 heavy (non-hydrogen) atoms. The van der Waals surface area contributed by atoms with Gasteiger partial charge in [0.15, 0.2) is 0 Å². The predicted molar refractivity (Wildman–Crippen MR) is 135 cm³/mol. The molecule has 2 saturated heterocycles. The van der Waals surface area contributed by atoms with Crippen LogP contribution in [-0.4, -0.2) is 83.5 Å². The number of aromatic nitrogens is 1. The highest BCUT2D eigenvalue weighted by atomic mass is 35.5. The first-order valence-electron chi connectivity index (χ1n) is 12.0. The minimum Gasteiger partial charge on any atom is -0.450 e. The van der Waals surface area contributed by atoms with Crippen molar-refractivity contribution in [2.24, 2.45) is 0 Å². The molecule has 8 nitrogen and oxygen atoms in total. The summed E-state index contributed by atoms with van der Waals surface area (Å²) in [7, 11) is 0. The minimum absolute atomic E-state index is 0.0282. The molecule has 4 heterocycles. The Morgan fingerprint density at radius 2 is 1.63 bits per heavy atom. The number of nitrogens with zero attached hydrogens (tertiary/aromatic N) is 4. The van der Waals surface area contributed by atoms with Gasteiger partial charge in [-0.2, -0.15) is 0 Å². The molecule has 0 saturated carbocycles. The van der Waals surface area contributed by atoms with Gasteiger partial charge < -0.3 is 19.4 Å². The Balaban J connectivity index is 1.43. The number of likely N-dealkylation sites (tertiary alicyclic amines) is 1. The number of amides is 3. The van der Waals surface area contributed by atoms with Crippen LogP contribution in [0, 0.1) is 13.8 Å². The van der Waals surface area contributed by atoms with Crippen molar-refractivity contribution in [2.45, 2.75) is 39.5 Å². The highest BCUT2D eigenvalue weighted by Gasteiger charge is 2.32. The van der Waals surface area contributed by atoms with Gasteiger partial charge in [-0.05, 0) is 56.7 Å². The summed E-state index contributed by atoms with van der Waals surface area (Å²) in [5.74, 6) is 0.00847. The molecule has 2 fully saturated rings. The average molecular weight is 519 g/mol. The zero-order valence-electron chi connectivity index (χ0n) is 20.4. The molecule has 10 heteroatoms. The third-order valence-corrected chi connectivity index (χ3v) is 8.33. The van der Waals surface area contributed by atoms with E-state index in [1.807, 2.05) is 36.3 Å². The van der Waals surface area contributed by atoms with Gasteiger partial charge in [-0.15, -0.1) is 11.3 Å². The van der Waals surface area contributed by atoms with Crippen LogP contribution in [0.1, 0.15) is 62.7 Å². The van der Waals surface area contributed by atoms with Crippen LogP contribution in [0.2, 0.25) is 5.02 Å². The molecule has 2 aliphatic heterocycles. The van der Waals surface area contributed by atoms with E-state index in [1.54, 1.807) is 16.7 Å². The molecule has 0 N–H and O–H groups in total. The van der Waals surface area contributed by atoms with Gasteiger partial charge in [0.2, 0.25) is 0 Å². The van der Waals surface area contributed by atoms with Crippen LogP contribution in [0.3, 0.4) is 0 Å². The van der Waals surface area contributed by atoms with E-state index in [0.717, 1.165) is 29.8 Å². The highest BCUT2D eigenvalue weighted by Crippen LogP contribution is 2.33. The third-order valence-electron chi connectivity index (χ3n) is 6.65. The van der Waals surface area contributed by atoms with Crippen molar-refractivity contribution in [2.75, 3.05) is 45.9 Å². The number of hydrogen-bond acceptors (Lipinski definition) is 6. The number of carbonyl (C=O) groups is 3. The van der Waals surface area contributed by atoms with Crippen LogP contribution >= 0.6 is 22.9 Å². The van der Waals surface area contributed by atoms with Gasteiger partial charge in [-0.3, -0.25) is 14.6 Å². The van der Waals surface area contributed by atoms with Crippen molar-refractivity contribution < 1.29 is 19.1 Å². The SMILES string of the molecule is CCOC(=O)N1CCN(C(=O)c2ccc(C)nc2C2CCN(C(=O)c3scc(C)c3Cl)CC2)CC1. The molecule has 0 spiro atoms. The van der Waals surface area contributed by atoms with E-state index in [-0.39, 0.29) is 23.8 Å². The first kappa shape index (κ1) is 25.4. The largest absolute Gasteiger partial charge is 0.450 e. The van der Waals surface area contributed by atoms with Gasteiger partial charge in [0.1, 0.15) is 4.88 Å². The summed E-state index contributed by atoms with van der Waals surface area (Å²) < 4.78 is 5.07. The maximum absolute atomic E-state index is 13.4. The Morgan fingerprint density at radius 1 is 1.00 bits per heavy atom. The molecule has 0 unspecified atom stereocenters. The van der Waals surface area contributed by atoms with E-state index < -0.39 is 0 Å². The van der Waals surface area contributed by atoms with Gasteiger partial charge in [0.05, 0.1) is 22.9 Å². The second-order valence-corrected chi connectivity index (χ2v) is 10.2. The topological polar surface area (TPSA) is 83.1 Å². The molecule has 0 atom stereocenters. The molecular weight excluding hydrogens is 488 g/mol. The first-order valence-corrected chi connectivity index (χ1v) is 13.3. The van der Waals surface area contributed by atoms with E-state index in [4.69, 9.17) is 21.3 Å². The van der Waals surface area contributed by atoms with Gasteiger partial charge in [-0.1, -0.05) is 11.6 Å². The third kappa shape index (κ3) is 5.46. The molecule has 2 aromatic rings. The van der Waals surface area contributed by atoms with Crippen molar-refractivity contribution in [1.82, 2.24) is 19.7 Å². The Morgan fingerprint density at radius 3 is 2.23 bits per heavy atom. The van der Waals surface area contributed by atoms with Gasteiger partial charge >= 0.3 is 6.09 Å². The fourth-order valence-electron chi connectivity index (χ4n) is 4.62. The summed E-state index contributed by atoms with van der Waals surface area (Å²) in [5, 5.41) is 2.45. The Labute approximate surface area is 214 Å². The monoisotopic (exact) mass is 518 g/mol. The van der Waals surface area contributed by atoms with E-state index in [0.29, 0.717) is 61.3 Å². The number of halogens is 1. The fraction of sp³-hybridized carbons (Fsp3) is 0.520. The zero-order valence-corrected chi connectivity index (χ0v) is 22.0. The van der Waals surface area contributed by atoms with Crippen molar-refractivity contribution in [3.8, 4) is 0 Å². The molecule has 0 bridgehead atoms. The number of piperidine rings is 1. The van der Waals surface area contributed by atoms with Crippen molar-refractivity contribution in [1.29, 1.82) is 0 Å². The molecule has 0 radical (unpaired) electrons. The predicted octanol–water partition coefficient (Wildman–Crippen LogP) is 4.35. The summed E-state index contributed by atoms with van der Waals surface area (Å²) in [6, 6.07) is 3.73. The number of rotatable bonds is 4. The lowest BCUT2D eigenvalue weighted by atomic mass is 9.89. The average Bonchev–Trinajstić information content (AvgIpc) is 3.21. The first-order chi connectivity index (χ1) is 16.8. The lowest BCUT2D eigenvalue weighted by Crippen LogP contribution is -2.51. The van der Waals surface area contributed by atoms with Crippen LogP contribution in [0.25, 0.3) is 0 Å². The van der Waals surface area contributed by atoms with Crippen molar-refractivity contribution in [3.63, 3.8) is 0 Å². The normalized spacial score (nSPS) is 17.0. The van der Waals surface area contributed by atoms with E-state index in [9.17, 15) is 14.4 Å². The summed E-state index contributed by atoms with van der Waals surface area (Å²) in [4.78, 5) is 49.0. The fourth-order valence-corrected chi connectivity index (χ4v) is 5.86. The highest BCUT2D eigenvalue weighted by molar-refractivity contribution is 7.13. The maximum Gasteiger partial charge on any atom is 0.409 e. The van der Waals surface area contributed by atoms with Gasteiger partial charge in [0.25, 0.3) is 11.8 Å². The number of piperazine rings is 1. The summed E-state index contributed by atoms with van der Waals surface area (Å²) >= 11 is 7.70.